The highest BCUT2D eigenvalue weighted by Crippen LogP contribution is 2.29. The second-order valence-electron chi connectivity index (χ2n) is 9.05. The Labute approximate surface area is 188 Å². The average molecular weight is 454 g/mol. The Morgan fingerprint density at radius 3 is 2.23 bits per heavy atom. The van der Waals surface area contributed by atoms with Gasteiger partial charge in [-0.15, -0.1) is 0 Å². The topological polar surface area (TPSA) is 87.7 Å². The minimum Gasteiger partial charge on any atom is -0.374 e. The molecule has 7 nitrogen and oxygen atoms in total. The van der Waals surface area contributed by atoms with Crippen LogP contribution >= 0.6 is 0 Å². The number of ether oxygens (including phenoxy) is 1. The third-order valence-corrected chi connectivity index (χ3v) is 7.95. The fourth-order valence-electron chi connectivity index (χ4n) is 4.14. The lowest BCUT2D eigenvalue weighted by molar-refractivity contribution is -0.122. The first kappa shape index (κ1) is 25.8. The van der Waals surface area contributed by atoms with E-state index in [4.69, 9.17) is 4.74 Å². The van der Waals surface area contributed by atoms with Crippen LogP contribution in [0.1, 0.15) is 48.1 Å². The van der Waals surface area contributed by atoms with Crippen molar-refractivity contribution in [2.75, 3.05) is 39.3 Å². The molecular formula is C23H39N3O4S. The summed E-state index contributed by atoms with van der Waals surface area (Å²) in [7, 11) is -3.69. The van der Waals surface area contributed by atoms with E-state index in [0.717, 1.165) is 47.5 Å². The third-order valence-electron chi connectivity index (χ3n) is 6.22. The largest absolute Gasteiger partial charge is 0.374 e. The molecule has 2 rings (SSSR count). The molecule has 2 N–H and O–H groups in total. The predicted octanol–water partition coefficient (Wildman–Crippen LogP) is 2.37. The second-order valence-corrected chi connectivity index (χ2v) is 10.8. The summed E-state index contributed by atoms with van der Waals surface area (Å²) in [4.78, 5) is 14.9. The molecule has 8 heteroatoms. The number of hydrogen-bond donors (Lipinski definition) is 2. The minimum absolute atomic E-state index is 0.0306. The van der Waals surface area contributed by atoms with Gasteiger partial charge in [-0.25, -0.2) is 13.1 Å². The number of amides is 1. The number of carbonyl (C=O) groups is 1. The van der Waals surface area contributed by atoms with Crippen molar-refractivity contribution in [3.05, 3.63) is 27.8 Å². The monoisotopic (exact) mass is 453 g/mol. The van der Waals surface area contributed by atoms with Crippen LogP contribution in [0.3, 0.4) is 0 Å². The van der Waals surface area contributed by atoms with E-state index in [1.54, 1.807) is 0 Å². The molecule has 31 heavy (non-hydrogen) atoms. The number of nitrogens with zero attached hydrogens (tertiary/aromatic N) is 1. The van der Waals surface area contributed by atoms with E-state index < -0.39 is 10.0 Å². The molecule has 0 bridgehead atoms. The lowest BCUT2D eigenvalue weighted by Gasteiger charge is -2.33. The normalized spacial score (nSPS) is 17.9. The first-order valence-electron chi connectivity index (χ1n) is 11.1. The van der Waals surface area contributed by atoms with Crippen LogP contribution in [0.4, 0.5) is 0 Å². The quantitative estimate of drug-likeness (QED) is 0.599. The van der Waals surface area contributed by atoms with Crippen LogP contribution < -0.4 is 10.0 Å². The number of sulfonamides is 1. The first-order valence-corrected chi connectivity index (χ1v) is 12.6. The average Bonchev–Trinajstić information content (AvgIpc) is 2.69. The van der Waals surface area contributed by atoms with Crippen molar-refractivity contribution >= 4 is 15.9 Å². The van der Waals surface area contributed by atoms with Gasteiger partial charge in [0.1, 0.15) is 0 Å². The van der Waals surface area contributed by atoms with Crippen molar-refractivity contribution in [3.8, 4) is 0 Å². The molecule has 1 aromatic carbocycles. The van der Waals surface area contributed by atoms with E-state index in [1.165, 1.54) is 0 Å². The molecule has 0 aliphatic carbocycles. The Balaban J connectivity index is 1.87. The highest BCUT2D eigenvalue weighted by atomic mass is 32.2. The maximum absolute atomic E-state index is 12.9. The minimum atomic E-state index is -3.69. The molecular weight excluding hydrogens is 414 g/mol. The number of rotatable bonds is 9. The molecule has 176 valence electrons. The maximum Gasteiger partial charge on any atom is 0.241 e. The third kappa shape index (κ3) is 6.75. The molecule has 0 spiro atoms. The van der Waals surface area contributed by atoms with Gasteiger partial charge in [-0.3, -0.25) is 9.69 Å². The Hall–Kier alpha value is -1.48. The van der Waals surface area contributed by atoms with Crippen LogP contribution in [0.25, 0.3) is 0 Å². The first-order chi connectivity index (χ1) is 14.4. The van der Waals surface area contributed by atoms with Gasteiger partial charge in [0.15, 0.2) is 0 Å². The van der Waals surface area contributed by atoms with Crippen molar-refractivity contribution in [2.45, 2.75) is 65.9 Å². The van der Waals surface area contributed by atoms with Crippen LogP contribution in [0.2, 0.25) is 0 Å². The summed E-state index contributed by atoms with van der Waals surface area (Å²) in [5, 5.41) is 2.88. The fraction of sp³-hybridized carbons (Fsp3) is 0.696. The van der Waals surface area contributed by atoms with E-state index in [0.29, 0.717) is 24.0 Å². The number of morpholine rings is 1. The second kappa shape index (κ2) is 10.9. The summed E-state index contributed by atoms with van der Waals surface area (Å²) >= 11 is 0. The van der Waals surface area contributed by atoms with Gasteiger partial charge in [-0.05, 0) is 68.4 Å². The summed E-state index contributed by atoms with van der Waals surface area (Å²) in [5.74, 6) is 0.409. The zero-order valence-electron chi connectivity index (χ0n) is 20.1. The lowest BCUT2D eigenvalue weighted by Crippen LogP contribution is -2.48. The summed E-state index contributed by atoms with van der Waals surface area (Å²) in [6, 6.07) is 0. The molecule has 1 fully saturated rings. The van der Waals surface area contributed by atoms with Crippen molar-refractivity contribution in [3.63, 3.8) is 0 Å². The molecule has 1 amide bonds. The Kier molecular flexibility index (Phi) is 9.06. The van der Waals surface area contributed by atoms with Crippen molar-refractivity contribution in [2.24, 2.45) is 5.92 Å². The zero-order chi connectivity index (χ0) is 23.3. The molecule has 1 unspecified atom stereocenters. The van der Waals surface area contributed by atoms with Gasteiger partial charge in [0.05, 0.1) is 17.6 Å². The highest BCUT2D eigenvalue weighted by molar-refractivity contribution is 7.89. The summed E-state index contributed by atoms with van der Waals surface area (Å²) < 4.78 is 34.2. The Bertz CT molecular complexity index is 868. The standard InChI is InChI=1S/C23H39N3O4S/c1-15(2)13-26-10-11-30-21(14-26)12-24-22(27)8-9-25-31(28,29)23-19(6)17(4)16(3)18(5)20(23)7/h15,21,25H,8-14H2,1-7H3,(H,24,27). The number of benzene rings is 1. The van der Waals surface area contributed by atoms with Crippen molar-refractivity contribution < 1.29 is 17.9 Å². The summed E-state index contributed by atoms with van der Waals surface area (Å²) in [5.41, 5.74) is 4.61. The summed E-state index contributed by atoms with van der Waals surface area (Å²) in [6.07, 6.45) is 0.0563. The van der Waals surface area contributed by atoms with Gasteiger partial charge in [0.25, 0.3) is 0 Å². The molecule has 1 heterocycles. The van der Waals surface area contributed by atoms with E-state index in [1.807, 2.05) is 34.6 Å². The number of hydrogen-bond acceptors (Lipinski definition) is 5. The van der Waals surface area contributed by atoms with Gasteiger partial charge in [0.2, 0.25) is 15.9 Å². The van der Waals surface area contributed by atoms with Gasteiger partial charge >= 0.3 is 0 Å². The molecule has 1 aliphatic heterocycles. The Morgan fingerprint density at radius 2 is 1.65 bits per heavy atom. The van der Waals surface area contributed by atoms with Crippen LogP contribution in [0.5, 0.6) is 0 Å². The molecule has 1 saturated heterocycles. The molecule has 0 saturated carbocycles. The number of nitrogens with one attached hydrogen (secondary N) is 2. The van der Waals surface area contributed by atoms with E-state index >= 15 is 0 Å². The summed E-state index contributed by atoms with van der Waals surface area (Å²) in [6.45, 7) is 17.9. The number of carbonyl (C=O) groups excluding carboxylic acids is 1. The molecule has 1 aromatic rings. The smallest absolute Gasteiger partial charge is 0.241 e. The maximum atomic E-state index is 12.9. The van der Waals surface area contributed by atoms with Crippen LogP contribution in [-0.2, 0) is 19.6 Å². The van der Waals surface area contributed by atoms with E-state index in [9.17, 15) is 13.2 Å². The van der Waals surface area contributed by atoms with E-state index in [2.05, 4.69) is 28.8 Å². The SMILES string of the molecule is Cc1c(C)c(C)c(S(=O)(=O)NCCC(=O)NCC2CN(CC(C)C)CCO2)c(C)c1C. The van der Waals surface area contributed by atoms with Crippen LogP contribution in [0, 0.1) is 40.5 Å². The van der Waals surface area contributed by atoms with Gasteiger partial charge in [-0.2, -0.15) is 0 Å². The van der Waals surface area contributed by atoms with Gasteiger partial charge < -0.3 is 10.1 Å². The molecule has 0 radical (unpaired) electrons. The Morgan fingerprint density at radius 1 is 1.06 bits per heavy atom. The van der Waals surface area contributed by atoms with Gasteiger partial charge in [0, 0.05) is 39.1 Å². The lowest BCUT2D eigenvalue weighted by atomic mass is 9.95. The van der Waals surface area contributed by atoms with Gasteiger partial charge in [-0.1, -0.05) is 13.8 Å². The zero-order valence-corrected chi connectivity index (χ0v) is 20.9. The van der Waals surface area contributed by atoms with Crippen LogP contribution in [-0.4, -0.2) is 64.7 Å². The fourth-order valence-corrected chi connectivity index (χ4v) is 5.77. The van der Waals surface area contributed by atoms with Crippen molar-refractivity contribution in [1.82, 2.24) is 14.9 Å². The predicted molar refractivity (Wildman–Crippen MR) is 124 cm³/mol. The molecule has 1 aliphatic rings. The van der Waals surface area contributed by atoms with Crippen LogP contribution in [0.15, 0.2) is 4.90 Å². The molecule has 1 atom stereocenters. The van der Waals surface area contributed by atoms with Crippen molar-refractivity contribution in [1.29, 1.82) is 0 Å². The highest BCUT2D eigenvalue weighted by Gasteiger charge is 2.24. The molecule has 0 aromatic heterocycles. The van der Waals surface area contributed by atoms with E-state index in [-0.39, 0.29) is 25.0 Å².